The first-order chi connectivity index (χ1) is 16.5. The number of hydrogen-bond donors (Lipinski definition) is 0. The minimum atomic E-state index is -0.625. The number of carbonyl (C=O) groups excluding carboxylic acids is 1. The van der Waals surface area contributed by atoms with Crippen LogP contribution in [0.3, 0.4) is 0 Å². The maximum Gasteiger partial charge on any atom is 0.345 e. The smallest absolute Gasteiger partial charge is 0.345 e. The molecule has 0 amide bonds. The van der Waals surface area contributed by atoms with Crippen molar-refractivity contribution in [2.75, 3.05) is 6.79 Å². The molecular formula is C24H17N3O6S. The number of carbonyl (C=O) groups is 1. The molecule has 170 valence electrons. The number of nitrogens with zero attached hydrogens (tertiary/aromatic N) is 3. The van der Waals surface area contributed by atoms with Gasteiger partial charge in [-0.05, 0) is 43.3 Å². The topological polar surface area (TPSA) is 106 Å². The average Bonchev–Trinajstić information content (AvgIpc) is 3.44. The second kappa shape index (κ2) is 8.91. The maximum absolute atomic E-state index is 13.1. The SMILES string of the molecule is Cc1nn(-c2ccccc2)c(OC(=O)c2ccc3c(c2)OCO3)c1Sc1ccccc1[N+](=O)[O-]. The van der Waals surface area contributed by atoms with Crippen LogP contribution in [0.15, 0.2) is 82.6 Å². The Morgan fingerprint density at radius 3 is 2.59 bits per heavy atom. The van der Waals surface area contributed by atoms with Gasteiger partial charge in [-0.3, -0.25) is 10.1 Å². The first kappa shape index (κ1) is 21.5. The van der Waals surface area contributed by atoms with Crippen molar-refractivity contribution in [2.45, 2.75) is 16.7 Å². The van der Waals surface area contributed by atoms with E-state index in [1.807, 2.05) is 30.3 Å². The van der Waals surface area contributed by atoms with Crippen LogP contribution in [-0.4, -0.2) is 27.5 Å². The molecule has 4 aromatic rings. The first-order valence-electron chi connectivity index (χ1n) is 10.2. The highest BCUT2D eigenvalue weighted by Gasteiger charge is 2.26. The van der Waals surface area contributed by atoms with Crippen molar-refractivity contribution in [3.05, 3.63) is 94.2 Å². The van der Waals surface area contributed by atoms with Crippen molar-refractivity contribution in [1.29, 1.82) is 0 Å². The van der Waals surface area contributed by atoms with Gasteiger partial charge in [0.05, 0.1) is 31.7 Å². The molecule has 1 aliphatic heterocycles. The fourth-order valence-corrected chi connectivity index (χ4v) is 4.44. The Morgan fingerprint density at radius 2 is 1.79 bits per heavy atom. The van der Waals surface area contributed by atoms with Crippen LogP contribution in [0.1, 0.15) is 16.1 Å². The van der Waals surface area contributed by atoms with E-state index >= 15 is 0 Å². The highest BCUT2D eigenvalue weighted by atomic mass is 32.2. The van der Waals surface area contributed by atoms with E-state index in [0.29, 0.717) is 32.7 Å². The average molecular weight is 475 g/mol. The van der Waals surface area contributed by atoms with Crippen LogP contribution in [0.25, 0.3) is 5.69 Å². The zero-order chi connectivity index (χ0) is 23.7. The number of aromatic nitrogens is 2. The predicted octanol–water partition coefficient (Wildman–Crippen LogP) is 5.19. The molecule has 10 heteroatoms. The van der Waals surface area contributed by atoms with Crippen molar-refractivity contribution >= 4 is 23.4 Å². The molecule has 0 radical (unpaired) electrons. The summed E-state index contributed by atoms with van der Waals surface area (Å²) < 4.78 is 18.0. The molecule has 0 saturated heterocycles. The van der Waals surface area contributed by atoms with Crippen molar-refractivity contribution in [3.8, 4) is 23.1 Å². The molecule has 1 aromatic heterocycles. The van der Waals surface area contributed by atoms with Crippen LogP contribution in [0.2, 0.25) is 0 Å². The van der Waals surface area contributed by atoms with Gasteiger partial charge >= 0.3 is 5.97 Å². The van der Waals surface area contributed by atoms with Gasteiger partial charge in [-0.25, -0.2) is 4.79 Å². The molecule has 0 atom stereocenters. The number of aryl methyl sites for hydroxylation is 1. The third-order valence-corrected chi connectivity index (χ3v) is 6.28. The van der Waals surface area contributed by atoms with Crippen molar-refractivity contribution < 1.29 is 23.9 Å². The van der Waals surface area contributed by atoms with E-state index in [4.69, 9.17) is 14.2 Å². The lowest BCUT2D eigenvalue weighted by Gasteiger charge is -2.11. The van der Waals surface area contributed by atoms with Gasteiger partial charge < -0.3 is 14.2 Å². The Kier molecular flexibility index (Phi) is 5.64. The van der Waals surface area contributed by atoms with E-state index in [1.54, 1.807) is 43.3 Å². The molecule has 2 heterocycles. The highest BCUT2D eigenvalue weighted by Crippen LogP contribution is 2.42. The van der Waals surface area contributed by atoms with Crippen molar-refractivity contribution in [1.82, 2.24) is 9.78 Å². The molecule has 0 fully saturated rings. The summed E-state index contributed by atoms with van der Waals surface area (Å²) in [6.07, 6.45) is 0. The molecule has 0 bridgehead atoms. The normalized spacial score (nSPS) is 11.9. The Labute approximate surface area is 198 Å². The summed E-state index contributed by atoms with van der Waals surface area (Å²) >= 11 is 1.12. The van der Waals surface area contributed by atoms with E-state index in [9.17, 15) is 14.9 Å². The molecule has 0 spiro atoms. The zero-order valence-corrected chi connectivity index (χ0v) is 18.7. The van der Waals surface area contributed by atoms with Crippen LogP contribution in [-0.2, 0) is 0 Å². The van der Waals surface area contributed by atoms with Gasteiger partial charge in [0.2, 0.25) is 12.7 Å². The van der Waals surface area contributed by atoms with Gasteiger partial charge in [0.25, 0.3) is 5.69 Å². The summed E-state index contributed by atoms with van der Waals surface area (Å²) in [7, 11) is 0. The summed E-state index contributed by atoms with van der Waals surface area (Å²) in [5.41, 5.74) is 1.45. The Morgan fingerprint density at radius 1 is 1.06 bits per heavy atom. The number of benzene rings is 3. The van der Waals surface area contributed by atoms with E-state index in [1.165, 1.54) is 10.7 Å². The minimum absolute atomic E-state index is 0.0487. The maximum atomic E-state index is 13.1. The first-order valence-corrected chi connectivity index (χ1v) is 11.0. The summed E-state index contributed by atoms with van der Waals surface area (Å²) in [4.78, 5) is 25.1. The second-order valence-corrected chi connectivity index (χ2v) is 8.30. The van der Waals surface area contributed by atoms with E-state index in [-0.39, 0.29) is 23.9 Å². The van der Waals surface area contributed by atoms with Crippen molar-refractivity contribution in [2.24, 2.45) is 0 Å². The number of ether oxygens (including phenoxy) is 3. The minimum Gasteiger partial charge on any atom is -0.454 e. The van der Waals surface area contributed by atoms with E-state index < -0.39 is 10.9 Å². The summed E-state index contributed by atoms with van der Waals surface area (Å²) in [6, 6.07) is 20.3. The molecule has 0 aliphatic carbocycles. The highest BCUT2D eigenvalue weighted by molar-refractivity contribution is 7.99. The van der Waals surface area contributed by atoms with Crippen molar-refractivity contribution in [3.63, 3.8) is 0 Å². The Bertz CT molecular complexity index is 1400. The molecule has 0 saturated carbocycles. The molecule has 34 heavy (non-hydrogen) atoms. The molecular weight excluding hydrogens is 458 g/mol. The van der Waals surface area contributed by atoms with Gasteiger partial charge in [-0.15, -0.1) is 0 Å². The molecule has 5 rings (SSSR count). The lowest BCUT2D eigenvalue weighted by atomic mass is 10.2. The summed E-state index contributed by atoms with van der Waals surface area (Å²) in [6.45, 7) is 1.85. The number of fused-ring (bicyclic) bond motifs is 1. The Balaban J connectivity index is 1.57. The largest absolute Gasteiger partial charge is 0.454 e. The molecule has 3 aromatic carbocycles. The zero-order valence-electron chi connectivity index (χ0n) is 17.8. The quantitative estimate of drug-likeness (QED) is 0.213. The number of para-hydroxylation sites is 2. The van der Waals surface area contributed by atoms with Gasteiger partial charge in [-0.2, -0.15) is 9.78 Å². The summed E-state index contributed by atoms with van der Waals surface area (Å²) in [5.74, 6) is 0.542. The third-order valence-electron chi connectivity index (χ3n) is 5.04. The fraction of sp³-hybridized carbons (Fsp3) is 0.0833. The van der Waals surface area contributed by atoms with E-state index in [0.717, 1.165) is 11.8 Å². The van der Waals surface area contributed by atoms with Crippen LogP contribution in [0.5, 0.6) is 17.4 Å². The Hall–Kier alpha value is -4.31. The number of hydrogen-bond acceptors (Lipinski definition) is 8. The fourth-order valence-electron chi connectivity index (χ4n) is 3.42. The van der Waals surface area contributed by atoms with Gasteiger partial charge in [-0.1, -0.05) is 42.1 Å². The van der Waals surface area contributed by atoms with Gasteiger partial charge in [0.1, 0.15) is 0 Å². The van der Waals surface area contributed by atoms with E-state index in [2.05, 4.69) is 5.10 Å². The van der Waals surface area contributed by atoms with Gasteiger partial charge in [0.15, 0.2) is 11.5 Å². The van der Waals surface area contributed by atoms with Crippen LogP contribution < -0.4 is 14.2 Å². The molecule has 9 nitrogen and oxygen atoms in total. The van der Waals surface area contributed by atoms with Crippen LogP contribution in [0, 0.1) is 17.0 Å². The lowest BCUT2D eigenvalue weighted by Crippen LogP contribution is -2.12. The second-order valence-electron chi connectivity index (χ2n) is 7.25. The summed E-state index contributed by atoms with van der Waals surface area (Å²) in [5, 5.41) is 16.1. The predicted molar refractivity (Wildman–Crippen MR) is 123 cm³/mol. The molecule has 0 N–H and O–H groups in total. The number of rotatable bonds is 6. The van der Waals surface area contributed by atoms with Crippen LogP contribution in [0.4, 0.5) is 5.69 Å². The lowest BCUT2D eigenvalue weighted by molar-refractivity contribution is -0.387. The number of nitro benzene ring substituents is 1. The third kappa shape index (κ3) is 4.06. The molecule has 1 aliphatic rings. The van der Waals surface area contributed by atoms with Crippen LogP contribution >= 0.6 is 11.8 Å². The monoisotopic (exact) mass is 475 g/mol. The number of nitro groups is 1. The molecule has 0 unspecified atom stereocenters. The standard InChI is InChI=1S/C24H17N3O6S/c1-15-22(34-21-10-6-5-9-18(21)27(29)30)23(26(25-15)17-7-3-2-4-8-17)33-24(28)16-11-12-19-20(13-16)32-14-31-19/h2-13H,14H2,1H3. The number of esters is 1. The van der Waals surface area contributed by atoms with Gasteiger partial charge in [0, 0.05) is 6.07 Å².